The van der Waals surface area contributed by atoms with E-state index in [-0.39, 0.29) is 50.0 Å². The fourth-order valence-corrected chi connectivity index (χ4v) is 5.67. The van der Waals surface area contributed by atoms with Crippen molar-refractivity contribution in [2.75, 3.05) is 19.8 Å². The van der Waals surface area contributed by atoms with Gasteiger partial charge in [-0.15, -0.1) is 0 Å². The number of benzene rings is 2. The molecule has 10 nitrogen and oxygen atoms in total. The summed E-state index contributed by atoms with van der Waals surface area (Å²) in [5.41, 5.74) is 0.780. The highest BCUT2D eigenvalue weighted by molar-refractivity contribution is 5.90. The third-order valence-corrected chi connectivity index (χ3v) is 8.18. The fraction of sp³-hybridized carbons (Fsp3) is 0.576. The van der Waals surface area contributed by atoms with Crippen molar-refractivity contribution in [2.45, 2.75) is 101 Å². The van der Waals surface area contributed by atoms with Gasteiger partial charge < -0.3 is 37.9 Å². The molecule has 0 aliphatic carbocycles. The van der Waals surface area contributed by atoms with Gasteiger partial charge >= 0.3 is 11.9 Å². The predicted octanol–water partition coefficient (Wildman–Crippen LogP) is 4.45. The summed E-state index contributed by atoms with van der Waals surface area (Å²) in [5.74, 6) is -1.07. The molecular formula is C33H40O10. The van der Waals surface area contributed by atoms with Gasteiger partial charge in [-0.1, -0.05) is 75.4 Å². The minimum absolute atomic E-state index is 0.0559. The zero-order valence-electron chi connectivity index (χ0n) is 24.4. The number of hydrogen-bond donors (Lipinski definition) is 0. The number of hydrogen-bond acceptors (Lipinski definition) is 10. The minimum Gasteiger partial charge on any atom is -0.458 e. The zero-order valence-corrected chi connectivity index (χ0v) is 24.4. The molecular weight excluding hydrogens is 556 g/mol. The van der Waals surface area contributed by atoms with E-state index in [4.69, 9.17) is 37.9 Å². The van der Waals surface area contributed by atoms with Crippen LogP contribution in [0.5, 0.6) is 0 Å². The van der Waals surface area contributed by atoms with Gasteiger partial charge in [-0.25, -0.2) is 9.59 Å². The summed E-state index contributed by atoms with van der Waals surface area (Å²) in [6, 6.07) is 17.3. The molecule has 2 aromatic rings. The zero-order chi connectivity index (χ0) is 29.6. The molecule has 10 heteroatoms. The lowest BCUT2D eigenvalue weighted by atomic mass is 10.1. The summed E-state index contributed by atoms with van der Waals surface area (Å²) in [4.78, 5) is 25.5. The molecule has 9 atom stereocenters. The largest absolute Gasteiger partial charge is 0.458 e. The molecule has 4 aliphatic rings. The molecule has 4 saturated heterocycles. The van der Waals surface area contributed by atoms with E-state index >= 15 is 0 Å². The second-order valence-electron chi connectivity index (χ2n) is 11.4. The Bertz CT molecular complexity index is 1190. The van der Waals surface area contributed by atoms with Gasteiger partial charge in [0.05, 0.1) is 17.7 Å². The second-order valence-corrected chi connectivity index (χ2v) is 11.4. The van der Waals surface area contributed by atoms with Gasteiger partial charge in [-0.05, 0) is 30.7 Å². The van der Waals surface area contributed by atoms with Crippen LogP contribution in [0.3, 0.4) is 0 Å². The number of unbranched alkanes of at least 4 members (excludes halogenated alkanes) is 5. The maximum Gasteiger partial charge on any atom is 0.338 e. The first-order chi connectivity index (χ1) is 21.1. The lowest BCUT2D eigenvalue weighted by molar-refractivity contribution is -0.226. The Balaban J connectivity index is 0.992. The molecule has 0 radical (unpaired) electrons. The predicted molar refractivity (Wildman–Crippen MR) is 152 cm³/mol. The van der Waals surface area contributed by atoms with E-state index in [1.165, 1.54) is 25.7 Å². The molecule has 0 unspecified atom stereocenters. The Labute approximate surface area is 251 Å². The van der Waals surface area contributed by atoms with E-state index in [2.05, 4.69) is 6.92 Å². The van der Waals surface area contributed by atoms with E-state index in [0.29, 0.717) is 17.7 Å². The first kappa shape index (κ1) is 30.2. The summed E-state index contributed by atoms with van der Waals surface area (Å²) in [5, 5.41) is 0. The molecule has 0 amide bonds. The van der Waals surface area contributed by atoms with Gasteiger partial charge in [0, 0.05) is 6.61 Å². The van der Waals surface area contributed by atoms with Crippen molar-refractivity contribution in [1.29, 1.82) is 0 Å². The summed E-state index contributed by atoms with van der Waals surface area (Å²) >= 11 is 0. The Morgan fingerprint density at radius 3 is 2.07 bits per heavy atom. The lowest BCUT2D eigenvalue weighted by Gasteiger charge is -2.26. The fourth-order valence-electron chi connectivity index (χ4n) is 5.67. The molecule has 4 fully saturated rings. The Kier molecular flexibility index (Phi) is 10.0. The van der Waals surface area contributed by atoms with Gasteiger partial charge in [0.15, 0.2) is 18.7 Å². The van der Waals surface area contributed by atoms with Crippen LogP contribution in [0, 0.1) is 0 Å². The number of rotatable bonds is 17. The maximum atomic E-state index is 12.9. The van der Waals surface area contributed by atoms with Crippen molar-refractivity contribution >= 4 is 11.9 Å². The van der Waals surface area contributed by atoms with Crippen molar-refractivity contribution in [3.05, 3.63) is 71.8 Å². The van der Waals surface area contributed by atoms with Crippen LogP contribution in [0.2, 0.25) is 0 Å². The standard InChI is InChI=1S/C33H40O10/c1-2-3-4-5-6-13-18-36-32-28-26(41-28)24(40-32)20-38-33-29-27(42-29)25(43-33)23(39-31(35)22-16-11-8-12-17-22)19-37-30(34)21-14-9-7-10-15-21/h7-12,14-17,23-29,32-33H,2-6,13,18-20H2,1H3/t23-,24-,25+,26+,27-,28+,29-,32+,33+/m1/s1. The molecule has 232 valence electrons. The summed E-state index contributed by atoms with van der Waals surface area (Å²) in [6.07, 6.45) is 3.52. The van der Waals surface area contributed by atoms with E-state index in [9.17, 15) is 9.59 Å². The monoisotopic (exact) mass is 596 g/mol. The average molecular weight is 597 g/mol. The highest BCUT2D eigenvalue weighted by Gasteiger charge is 2.63. The molecule has 6 rings (SSSR count). The molecule has 4 aliphatic heterocycles. The smallest absolute Gasteiger partial charge is 0.338 e. The van der Waals surface area contributed by atoms with Gasteiger partial charge in [-0.2, -0.15) is 0 Å². The van der Waals surface area contributed by atoms with Crippen molar-refractivity contribution in [3.8, 4) is 0 Å². The van der Waals surface area contributed by atoms with Gasteiger partial charge in [-0.3, -0.25) is 0 Å². The van der Waals surface area contributed by atoms with Crippen LogP contribution in [-0.4, -0.2) is 87.1 Å². The summed E-state index contributed by atoms with van der Waals surface area (Å²) in [6.45, 7) is 2.92. The van der Waals surface area contributed by atoms with Crippen LogP contribution in [0.15, 0.2) is 60.7 Å². The van der Waals surface area contributed by atoms with E-state index in [1.54, 1.807) is 48.5 Å². The highest BCUT2D eigenvalue weighted by Crippen LogP contribution is 2.44. The Hall–Kier alpha value is -2.86. The van der Waals surface area contributed by atoms with Crippen LogP contribution in [0.1, 0.15) is 66.2 Å². The summed E-state index contributed by atoms with van der Waals surface area (Å²) in [7, 11) is 0. The second kappa shape index (κ2) is 14.3. The first-order valence-corrected chi connectivity index (χ1v) is 15.5. The van der Waals surface area contributed by atoms with Crippen LogP contribution in [0.25, 0.3) is 0 Å². The van der Waals surface area contributed by atoms with Crippen molar-refractivity contribution in [3.63, 3.8) is 0 Å². The number of esters is 2. The number of fused-ring (bicyclic) bond motifs is 2. The van der Waals surface area contributed by atoms with Crippen LogP contribution < -0.4 is 0 Å². The molecule has 43 heavy (non-hydrogen) atoms. The quantitative estimate of drug-likeness (QED) is 0.147. The minimum atomic E-state index is -0.900. The third kappa shape index (κ3) is 7.63. The number of carbonyl (C=O) groups is 2. The van der Waals surface area contributed by atoms with Crippen molar-refractivity contribution in [2.24, 2.45) is 0 Å². The molecule has 0 bridgehead atoms. The molecule has 2 aromatic carbocycles. The molecule has 0 spiro atoms. The molecule has 0 aromatic heterocycles. The van der Waals surface area contributed by atoms with Gasteiger partial charge in [0.2, 0.25) is 0 Å². The number of carbonyl (C=O) groups excluding carboxylic acids is 2. The van der Waals surface area contributed by atoms with Gasteiger partial charge in [0.25, 0.3) is 0 Å². The topological polar surface area (TPSA) is 115 Å². The molecule has 4 heterocycles. The lowest BCUT2D eigenvalue weighted by Crippen LogP contribution is -2.41. The average Bonchev–Trinajstić information content (AvgIpc) is 3.96. The Morgan fingerprint density at radius 2 is 1.33 bits per heavy atom. The van der Waals surface area contributed by atoms with Crippen LogP contribution >= 0.6 is 0 Å². The molecule has 0 N–H and O–H groups in total. The highest BCUT2D eigenvalue weighted by atomic mass is 16.8. The maximum absolute atomic E-state index is 12.9. The normalized spacial score (nSPS) is 30.7. The van der Waals surface area contributed by atoms with Crippen LogP contribution in [0.4, 0.5) is 0 Å². The number of ether oxygens (including phenoxy) is 8. The van der Waals surface area contributed by atoms with Crippen LogP contribution in [-0.2, 0) is 37.9 Å². The molecule has 0 saturated carbocycles. The first-order valence-electron chi connectivity index (χ1n) is 15.5. The Morgan fingerprint density at radius 1 is 0.698 bits per heavy atom. The van der Waals surface area contributed by atoms with E-state index < -0.39 is 30.4 Å². The number of epoxide rings is 2. The van der Waals surface area contributed by atoms with Crippen molar-refractivity contribution < 1.29 is 47.5 Å². The van der Waals surface area contributed by atoms with E-state index in [0.717, 1.165) is 12.8 Å². The summed E-state index contributed by atoms with van der Waals surface area (Å²) < 4.78 is 47.2. The van der Waals surface area contributed by atoms with Crippen molar-refractivity contribution in [1.82, 2.24) is 0 Å². The third-order valence-electron chi connectivity index (χ3n) is 8.18. The SMILES string of the molecule is CCCCCCCCO[C@H]1O[C@H](CO[C@H]2O[C@@H]([C@@H](COC(=O)c3ccccc3)OC(=O)c3ccccc3)[C@H]3O[C@@H]23)[C@@H]2O[C@H]12. The van der Waals surface area contributed by atoms with E-state index in [1.807, 2.05) is 12.1 Å². The van der Waals surface area contributed by atoms with Gasteiger partial charge in [0.1, 0.15) is 43.2 Å².